The third-order valence-corrected chi connectivity index (χ3v) is 1.84. The van der Waals surface area contributed by atoms with Crippen molar-refractivity contribution in [1.29, 1.82) is 0 Å². The van der Waals surface area contributed by atoms with Gasteiger partial charge in [0.05, 0.1) is 12.5 Å². The molecule has 0 radical (unpaired) electrons. The zero-order valence-corrected chi connectivity index (χ0v) is 7.53. The SMILES string of the molecule is O=C(O)C[C@@H](O)c1cccc(Cl)c1. The van der Waals surface area contributed by atoms with Gasteiger partial charge in [0, 0.05) is 5.02 Å². The topological polar surface area (TPSA) is 57.5 Å². The van der Waals surface area contributed by atoms with E-state index in [2.05, 4.69) is 0 Å². The Labute approximate surface area is 80.6 Å². The average Bonchev–Trinajstić information content (AvgIpc) is 2.03. The van der Waals surface area contributed by atoms with E-state index in [9.17, 15) is 9.90 Å². The smallest absolute Gasteiger partial charge is 0.306 e. The predicted octanol–water partition coefficient (Wildman–Crippen LogP) is 1.85. The van der Waals surface area contributed by atoms with Gasteiger partial charge in [-0.3, -0.25) is 4.79 Å². The zero-order valence-electron chi connectivity index (χ0n) is 6.77. The van der Waals surface area contributed by atoms with Crippen LogP contribution in [0.15, 0.2) is 24.3 Å². The summed E-state index contributed by atoms with van der Waals surface area (Å²) in [5.74, 6) is -1.03. The maximum atomic E-state index is 10.3. The number of aliphatic hydroxyl groups is 1. The first-order valence-corrected chi connectivity index (χ1v) is 4.12. The van der Waals surface area contributed by atoms with Crippen molar-refractivity contribution in [3.05, 3.63) is 34.9 Å². The van der Waals surface area contributed by atoms with E-state index in [0.717, 1.165) is 0 Å². The summed E-state index contributed by atoms with van der Waals surface area (Å²) >= 11 is 5.67. The van der Waals surface area contributed by atoms with E-state index in [1.54, 1.807) is 24.3 Å². The molecule has 0 heterocycles. The first-order chi connectivity index (χ1) is 6.09. The van der Waals surface area contributed by atoms with Crippen LogP contribution in [0.5, 0.6) is 0 Å². The molecule has 0 aromatic heterocycles. The molecule has 0 spiro atoms. The first-order valence-electron chi connectivity index (χ1n) is 3.75. The number of rotatable bonds is 3. The van der Waals surface area contributed by atoms with Crippen molar-refractivity contribution in [3.63, 3.8) is 0 Å². The molecule has 4 heteroatoms. The van der Waals surface area contributed by atoms with E-state index in [0.29, 0.717) is 10.6 Å². The lowest BCUT2D eigenvalue weighted by molar-refractivity contribution is -0.139. The van der Waals surface area contributed by atoms with Gasteiger partial charge in [-0.25, -0.2) is 0 Å². The van der Waals surface area contributed by atoms with E-state index in [-0.39, 0.29) is 6.42 Å². The van der Waals surface area contributed by atoms with Crippen molar-refractivity contribution >= 4 is 17.6 Å². The summed E-state index contributed by atoms with van der Waals surface area (Å²) < 4.78 is 0. The van der Waals surface area contributed by atoms with Crippen LogP contribution in [0.4, 0.5) is 0 Å². The Balaban J connectivity index is 2.76. The summed E-state index contributed by atoms with van der Waals surface area (Å²) in [6, 6.07) is 6.52. The van der Waals surface area contributed by atoms with Crippen LogP contribution < -0.4 is 0 Å². The van der Waals surface area contributed by atoms with Crippen molar-refractivity contribution in [1.82, 2.24) is 0 Å². The molecule has 0 bridgehead atoms. The Hall–Kier alpha value is -1.06. The third-order valence-electron chi connectivity index (χ3n) is 1.60. The van der Waals surface area contributed by atoms with E-state index in [1.807, 2.05) is 0 Å². The summed E-state index contributed by atoms with van der Waals surface area (Å²) in [4.78, 5) is 10.3. The summed E-state index contributed by atoms with van der Waals surface area (Å²) in [7, 11) is 0. The van der Waals surface area contributed by atoms with Gasteiger partial charge < -0.3 is 10.2 Å². The number of carboxylic acids is 1. The van der Waals surface area contributed by atoms with Crippen LogP contribution in [0.1, 0.15) is 18.1 Å². The van der Waals surface area contributed by atoms with Gasteiger partial charge in [-0.15, -0.1) is 0 Å². The van der Waals surface area contributed by atoms with E-state index >= 15 is 0 Å². The number of carboxylic acid groups (broad SMARTS) is 1. The second-order valence-corrected chi connectivity index (χ2v) is 3.11. The van der Waals surface area contributed by atoms with Gasteiger partial charge in [0.25, 0.3) is 0 Å². The van der Waals surface area contributed by atoms with Crippen LogP contribution in [0.2, 0.25) is 5.02 Å². The number of halogens is 1. The molecular weight excluding hydrogens is 192 g/mol. The molecule has 70 valence electrons. The Morgan fingerprint density at radius 2 is 2.23 bits per heavy atom. The second-order valence-electron chi connectivity index (χ2n) is 2.67. The van der Waals surface area contributed by atoms with Crippen molar-refractivity contribution in [2.24, 2.45) is 0 Å². The highest BCUT2D eigenvalue weighted by atomic mass is 35.5. The summed E-state index contributed by atoms with van der Waals surface area (Å²) in [6.07, 6.45) is -1.29. The predicted molar refractivity (Wildman–Crippen MR) is 48.7 cm³/mol. The first kappa shape index (κ1) is 10.0. The van der Waals surface area contributed by atoms with E-state index in [1.165, 1.54) is 0 Å². The molecule has 13 heavy (non-hydrogen) atoms. The lowest BCUT2D eigenvalue weighted by Gasteiger charge is -2.07. The minimum atomic E-state index is -1.03. The van der Waals surface area contributed by atoms with Gasteiger partial charge in [-0.05, 0) is 17.7 Å². The van der Waals surface area contributed by atoms with Crippen LogP contribution in [-0.4, -0.2) is 16.2 Å². The highest BCUT2D eigenvalue weighted by Crippen LogP contribution is 2.19. The number of hydrogen-bond donors (Lipinski definition) is 2. The van der Waals surface area contributed by atoms with Gasteiger partial charge in [0.15, 0.2) is 0 Å². The molecule has 0 aliphatic carbocycles. The lowest BCUT2D eigenvalue weighted by Crippen LogP contribution is -2.05. The molecule has 0 aliphatic heterocycles. The fraction of sp³-hybridized carbons (Fsp3) is 0.222. The fourth-order valence-electron chi connectivity index (χ4n) is 0.997. The monoisotopic (exact) mass is 200 g/mol. The van der Waals surface area contributed by atoms with Crippen LogP contribution in [0.3, 0.4) is 0 Å². The number of carbonyl (C=O) groups is 1. The van der Waals surface area contributed by atoms with E-state index in [4.69, 9.17) is 16.7 Å². The molecule has 1 aromatic carbocycles. The van der Waals surface area contributed by atoms with Crippen LogP contribution in [0.25, 0.3) is 0 Å². The summed E-state index contributed by atoms with van der Waals surface area (Å²) in [6.45, 7) is 0. The molecule has 0 saturated carbocycles. The lowest BCUT2D eigenvalue weighted by atomic mass is 10.1. The van der Waals surface area contributed by atoms with Crippen molar-refractivity contribution in [2.75, 3.05) is 0 Å². The third kappa shape index (κ3) is 3.05. The van der Waals surface area contributed by atoms with Gasteiger partial charge >= 0.3 is 5.97 Å². The largest absolute Gasteiger partial charge is 0.481 e. The van der Waals surface area contributed by atoms with Gasteiger partial charge in [-0.2, -0.15) is 0 Å². The minimum Gasteiger partial charge on any atom is -0.481 e. The molecule has 3 nitrogen and oxygen atoms in total. The van der Waals surface area contributed by atoms with Crippen molar-refractivity contribution < 1.29 is 15.0 Å². The highest BCUT2D eigenvalue weighted by Gasteiger charge is 2.11. The number of aliphatic carboxylic acids is 1. The summed E-state index contributed by atoms with van der Waals surface area (Å²) in [5.41, 5.74) is 0.523. The molecule has 1 atom stereocenters. The number of hydrogen-bond acceptors (Lipinski definition) is 2. The molecule has 0 amide bonds. The molecular formula is C9H9ClO3. The molecule has 1 aromatic rings. The van der Waals surface area contributed by atoms with Crippen LogP contribution in [0, 0.1) is 0 Å². The van der Waals surface area contributed by atoms with Gasteiger partial charge in [0.2, 0.25) is 0 Å². The molecule has 0 aliphatic rings. The zero-order chi connectivity index (χ0) is 9.84. The normalized spacial score (nSPS) is 12.5. The standard InChI is InChI=1S/C9H9ClO3/c10-7-3-1-2-6(4-7)8(11)5-9(12)13/h1-4,8,11H,5H2,(H,12,13)/t8-/m1/s1. The summed E-state index contributed by atoms with van der Waals surface area (Å²) in [5, 5.41) is 18.3. The molecule has 0 saturated heterocycles. The van der Waals surface area contributed by atoms with Crippen LogP contribution in [-0.2, 0) is 4.79 Å². The maximum absolute atomic E-state index is 10.3. The Morgan fingerprint density at radius 3 is 2.77 bits per heavy atom. The molecule has 0 fully saturated rings. The second kappa shape index (κ2) is 4.25. The quantitative estimate of drug-likeness (QED) is 0.783. The van der Waals surface area contributed by atoms with E-state index < -0.39 is 12.1 Å². The Morgan fingerprint density at radius 1 is 1.54 bits per heavy atom. The minimum absolute atomic E-state index is 0.305. The Bertz CT molecular complexity index is 311. The van der Waals surface area contributed by atoms with Crippen LogP contribution >= 0.6 is 11.6 Å². The van der Waals surface area contributed by atoms with Crippen molar-refractivity contribution in [3.8, 4) is 0 Å². The van der Waals surface area contributed by atoms with Gasteiger partial charge in [0.1, 0.15) is 0 Å². The molecule has 1 rings (SSSR count). The number of aliphatic hydroxyl groups excluding tert-OH is 1. The number of benzene rings is 1. The molecule has 2 N–H and O–H groups in total. The fourth-order valence-corrected chi connectivity index (χ4v) is 1.20. The maximum Gasteiger partial charge on any atom is 0.306 e. The molecule has 0 unspecified atom stereocenters. The average molecular weight is 201 g/mol. The highest BCUT2D eigenvalue weighted by molar-refractivity contribution is 6.30. The van der Waals surface area contributed by atoms with Gasteiger partial charge in [-0.1, -0.05) is 23.7 Å². The Kier molecular flexibility index (Phi) is 3.28. The van der Waals surface area contributed by atoms with Crippen molar-refractivity contribution in [2.45, 2.75) is 12.5 Å².